The van der Waals surface area contributed by atoms with Gasteiger partial charge in [-0.3, -0.25) is 4.79 Å². The first-order chi connectivity index (χ1) is 8.91. The van der Waals surface area contributed by atoms with Crippen LogP contribution in [0.1, 0.15) is 36.0 Å². The van der Waals surface area contributed by atoms with Crippen molar-refractivity contribution in [1.29, 1.82) is 0 Å². The van der Waals surface area contributed by atoms with Crippen molar-refractivity contribution in [2.24, 2.45) is 5.92 Å². The van der Waals surface area contributed by atoms with Gasteiger partial charge in [-0.05, 0) is 30.5 Å². The number of halogens is 3. The Labute approximate surface area is 119 Å². The summed E-state index contributed by atoms with van der Waals surface area (Å²) in [6, 6.07) is 5.15. The molecule has 1 fully saturated rings. The van der Waals surface area contributed by atoms with Crippen molar-refractivity contribution >= 4 is 21.7 Å². The number of ether oxygens (including phenoxy) is 1. The third-order valence-corrected chi connectivity index (χ3v) is 3.93. The van der Waals surface area contributed by atoms with Gasteiger partial charge >= 0.3 is 0 Å². The minimum Gasteiger partial charge on any atom is -0.496 e. The number of carbonyl (C=O) groups is 1. The molecule has 0 aromatic heterocycles. The molecule has 19 heavy (non-hydrogen) atoms. The van der Waals surface area contributed by atoms with Crippen molar-refractivity contribution in [1.82, 2.24) is 0 Å². The summed E-state index contributed by atoms with van der Waals surface area (Å²) in [5.41, 5.74) is 0.451. The zero-order valence-corrected chi connectivity index (χ0v) is 12.2. The third kappa shape index (κ3) is 3.53. The highest BCUT2D eigenvalue weighted by atomic mass is 79.9. The van der Waals surface area contributed by atoms with Crippen LogP contribution in [0, 0.1) is 5.92 Å². The SMILES string of the molecule is COc1ccc(Br)cc1C(=O)CC1CCC(F)(F)C1. The zero-order chi connectivity index (χ0) is 14.0. The molecule has 1 aromatic carbocycles. The lowest BCUT2D eigenvalue weighted by Gasteiger charge is -2.12. The summed E-state index contributed by atoms with van der Waals surface area (Å²) in [5, 5.41) is 0. The standard InChI is InChI=1S/C14H15BrF2O2/c1-19-13-3-2-10(15)7-11(13)12(18)6-9-4-5-14(16,17)8-9/h2-3,7,9H,4-6,8H2,1H3. The normalized spacial score (nSPS) is 21.4. The monoisotopic (exact) mass is 332 g/mol. The minimum absolute atomic E-state index is 0.111. The Morgan fingerprint density at radius 1 is 1.53 bits per heavy atom. The van der Waals surface area contributed by atoms with Crippen LogP contribution in [-0.4, -0.2) is 18.8 Å². The molecular weight excluding hydrogens is 318 g/mol. The van der Waals surface area contributed by atoms with Crippen LogP contribution >= 0.6 is 15.9 Å². The Morgan fingerprint density at radius 3 is 2.84 bits per heavy atom. The van der Waals surface area contributed by atoms with Crippen LogP contribution < -0.4 is 4.74 Å². The molecule has 0 aliphatic heterocycles. The summed E-state index contributed by atoms with van der Waals surface area (Å²) in [6.45, 7) is 0. The van der Waals surface area contributed by atoms with E-state index < -0.39 is 5.92 Å². The van der Waals surface area contributed by atoms with E-state index in [4.69, 9.17) is 4.74 Å². The maximum atomic E-state index is 13.1. The van der Waals surface area contributed by atoms with E-state index in [0.717, 1.165) is 4.47 Å². The number of hydrogen-bond donors (Lipinski definition) is 0. The number of rotatable bonds is 4. The van der Waals surface area contributed by atoms with Crippen molar-refractivity contribution < 1.29 is 18.3 Å². The summed E-state index contributed by atoms with van der Waals surface area (Å²) in [6.07, 6.45) is 0.271. The molecular formula is C14H15BrF2O2. The van der Waals surface area contributed by atoms with Gasteiger partial charge in [0.1, 0.15) is 5.75 Å². The van der Waals surface area contributed by atoms with Crippen LogP contribution in [0.4, 0.5) is 8.78 Å². The molecule has 5 heteroatoms. The topological polar surface area (TPSA) is 26.3 Å². The van der Waals surface area contributed by atoms with Crippen molar-refractivity contribution in [3.8, 4) is 5.75 Å². The van der Waals surface area contributed by atoms with Gasteiger partial charge in [0.05, 0.1) is 12.7 Å². The first-order valence-corrected chi connectivity index (χ1v) is 6.95. The summed E-state index contributed by atoms with van der Waals surface area (Å²) in [7, 11) is 1.49. The Morgan fingerprint density at radius 2 is 2.26 bits per heavy atom. The van der Waals surface area contributed by atoms with Gasteiger partial charge in [0, 0.05) is 23.7 Å². The van der Waals surface area contributed by atoms with Crippen LogP contribution in [0.5, 0.6) is 5.75 Å². The van der Waals surface area contributed by atoms with Crippen molar-refractivity contribution in [2.45, 2.75) is 31.6 Å². The maximum Gasteiger partial charge on any atom is 0.248 e. The van der Waals surface area contributed by atoms with Crippen LogP contribution in [0.2, 0.25) is 0 Å². The van der Waals surface area contributed by atoms with Gasteiger partial charge in [0.15, 0.2) is 5.78 Å². The fourth-order valence-electron chi connectivity index (χ4n) is 2.49. The lowest BCUT2D eigenvalue weighted by molar-refractivity contribution is 0.00497. The number of Topliss-reactive ketones (excluding diaryl/α,β-unsaturated/α-hetero) is 1. The van der Waals surface area contributed by atoms with E-state index in [0.29, 0.717) is 17.7 Å². The summed E-state index contributed by atoms with van der Waals surface area (Å²) >= 11 is 3.30. The fourth-order valence-corrected chi connectivity index (χ4v) is 2.85. The first kappa shape index (κ1) is 14.4. The molecule has 0 amide bonds. The maximum absolute atomic E-state index is 13.1. The van der Waals surface area contributed by atoms with E-state index in [9.17, 15) is 13.6 Å². The van der Waals surface area contributed by atoms with E-state index in [2.05, 4.69) is 15.9 Å². The van der Waals surface area contributed by atoms with Gasteiger partial charge in [-0.1, -0.05) is 15.9 Å². The Kier molecular flexibility index (Phi) is 4.23. The largest absolute Gasteiger partial charge is 0.496 e. The second-order valence-corrected chi connectivity index (χ2v) is 5.85. The second-order valence-electron chi connectivity index (χ2n) is 4.94. The Hall–Kier alpha value is -0.970. The van der Waals surface area contributed by atoms with Gasteiger partial charge in [0.2, 0.25) is 5.92 Å². The van der Waals surface area contributed by atoms with Crippen LogP contribution in [0.25, 0.3) is 0 Å². The van der Waals surface area contributed by atoms with Crippen molar-refractivity contribution in [2.75, 3.05) is 7.11 Å². The van der Waals surface area contributed by atoms with Gasteiger partial charge in [-0.15, -0.1) is 0 Å². The van der Waals surface area contributed by atoms with Crippen LogP contribution in [0.15, 0.2) is 22.7 Å². The third-order valence-electron chi connectivity index (χ3n) is 3.44. The van der Waals surface area contributed by atoms with Gasteiger partial charge in [-0.25, -0.2) is 8.78 Å². The van der Waals surface area contributed by atoms with E-state index in [-0.39, 0.29) is 31.0 Å². The lowest BCUT2D eigenvalue weighted by Crippen LogP contribution is -2.12. The lowest BCUT2D eigenvalue weighted by atomic mass is 9.96. The number of carbonyl (C=O) groups excluding carboxylic acids is 1. The summed E-state index contributed by atoms with van der Waals surface area (Å²) in [4.78, 5) is 12.2. The number of benzene rings is 1. The molecule has 0 radical (unpaired) electrons. The van der Waals surface area contributed by atoms with Gasteiger partial charge in [-0.2, -0.15) is 0 Å². The van der Waals surface area contributed by atoms with Crippen LogP contribution in [-0.2, 0) is 0 Å². The quantitative estimate of drug-likeness (QED) is 0.760. The zero-order valence-electron chi connectivity index (χ0n) is 10.6. The highest BCUT2D eigenvalue weighted by Crippen LogP contribution is 2.41. The molecule has 0 heterocycles. The van der Waals surface area contributed by atoms with E-state index in [1.165, 1.54) is 7.11 Å². The predicted molar refractivity (Wildman–Crippen MR) is 71.9 cm³/mol. The number of methoxy groups -OCH3 is 1. The number of alkyl halides is 2. The molecule has 0 spiro atoms. The number of ketones is 1. The molecule has 1 atom stereocenters. The fraction of sp³-hybridized carbons (Fsp3) is 0.500. The second kappa shape index (κ2) is 5.57. The predicted octanol–water partition coefficient (Wildman–Crippen LogP) is 4.47. The average Bonchev–Trinajstić information content (AvgIpc) is 2.68. The highest BCUT2D eigenvalue weighted by Gasteiger charge is 2.40. The molecule has 1 unspecified atom stereocenters. The summed E-state index contributed by atoms with van der Waals surface area (Å²) in [5.74, 6) is -2.49. The molecule has 1 aliphatic carbocycles. The number of hydrogen-bond acceptors (Lipinski definition) is 2. The molecule has 1 aliphatic rings. The molecule has 0 bridgehead atoms. The van der Waals surface area contributed by atoms with Gasteiger partial charge < -0.3 is 4.74 Å². The van der Waals surface area contributed by atoms with E-state index in [1.807, 2.05) is 0 Å². The molecule has 2 rings (SSSR count). The Bertz CT molecular complexity index is 488. The molecule has 104 valence electrons. The van der Waals surface area contributed by atoms with Crippen molar-refractivity contribution in [3.63, 3.8) is 0 Å². The molecule has 2 nitrogen and oxygen atoms in total. The smallest absolute Gasteiger partial charge is 0.248 e. The van der Waals surface area contributed by atoms with E-state index in [1.54, 1.807) is 18.2 Å². The summed E-state index contributed by atoms with van der Waals surface area (Å²) < 4.78 is 32.1. The molecule has 1 saturated carbocycles. The molecule has 1 aromatic rings. The minimum atomic E-state index is -2.60. The van der Waals surface area contributed by atoms with E-state index >= 15 is 0 Å². The van der Waals surface area contributed by atoms with Crippen LogP contribution in [0.3, 0.4) is 0 Å². The van der Waals surface area contributed by atoms with Crippen molar-refractivity contribution in [3.05, 3.63) is 28.2 Å². The van der Waals surface area contributed by atoms with Gasteiger partial charge in [0.25, 0.3) is 0 Å². The molecule has 0 saturated heterocycles. The Balaban J connectivity index is 2.10. The highest BCUT2D eigenvalue weighted by molar-refractivity contribution is 9.10. The molecule has 0 N–H and O–H groups in total. The average molecular weight is 333 g/mol. The first-order valence-electron chi connectivity index (χ1n) is 6.16.